The molecule has 0 saturated heterocycles. The Morgan fingerprint density at radius 1 is 1.47 bits per heavy atom. The van der Waals surface area contributed by atoms with Crippen LogP contribution in [0.15, 0.2) is 30.6 Å². The molecule has 2 N–H and O–H groups in total. The summed E-state index contributed by atoms with van der Waals surface area (Å²) in [6.45, 7) is 0. The topological polar surface area (TPSA) is 49.9 Å². The highest BCUT2D eigenvalue weighted by atomic mass is 19.1. The monoisotopic (exact) mass is 235 g/mol. The fourth-order valence-corrected chi connectivity index (χ4v) is 1.74. The lowest BCUT2D eigenvalue weighted by Crippen LogP contribution is -2.20. The normalized spacial score (nSPS) is 12.4. The SMILES string of the molecule is CNC(c1ncc[nH]1)c1ccc(OC)cc1F. The van der Waals surface area contributed by atoms with E-state index < -0.39 is 0 Å². The number of methoxy groups -OCH3 is 1. The van der Waals surface area contributed by atoms with Gasteiger partial charge in [-0.2, -0.15) is 0 Å². The lowest BCUT2D eigenvalue weighted by atomic mass is 10.1. The highest BCUT2D eigenvalue weighted by Gasteiger charge is 2.18. The zero-order valence-corrected chi connectivity index (χ0v) is 9.70. The molecule has 1 atom stereocenters. The molecule has 1 unspecified atom stereocenters. The smallest absolute Gasteiger partial charge is 0.132 e. The standard InChI is InChI=1S/C12H14FN3O/c1-14-11(12-15-5-6-16-12)9-4-3-8(17-2)7-10(9)13/h3-7,11,14H,1-2H3,(H,15,16). The number of ether oxygens (including phenoxy) is 1. The fraction of sp³-hybridized carbons (Fsp3) is 0.250. The van der Waals surface area contributed by atoms with Gasteiger partial charge in [0.25, 0.3) is 0 Å². The molecule has 4 nitrogen and oxygen atoms in total. The first-order valence-electron chi connectivity index (χ1n) is 5.26. The maximum absolute atomic E-state index is 13.9. The maximum Gasteiger partial charge on any atom is 0.132 e. The number of H-pyrrole nitrogens is 1. The average Bonchev–Trinajstić information content (AvgIpc) is 2.85. The molecule has 0 spiro atoms. The van der Waals surface area contributed by atoms with Gasteiger partial charge in [-0.15, -0.1) is 0 Å². The van der Waals surface area contributed by atoms with Crippen molar-refractivity contribution in [2.45, 2.75) is 6.04 Å². The molecule has 2 aromatic rings. The Labute approximate surface area is 98.8 Å². The van der Waals surface area contributed by atoms with E-state index in [1.54, 1.807) is 31.6 Å². The number of aromatic nitrogens is 2. The number of hydrogen-bond acceptors (Lipinski definition) is 3. The molecule has 0 aliphatic rings. The quantitative estimate of drug-likeness (QED) is 0.850. The first-order valence-corrected chi connectivity index (χ1v) is 5.26. The largest absolute Gasteiger partial charge is 0.497 e. The van der Waals surface area contributed by atoms with Gasteiger partial charge in [0.15, 0.2) is 0 Å². The zero-order valence-electron chi connectivity index (χ0n) is 9.70. The first kappa shape index (κ1) is 11.6. The summed E-state index contributed by atoms with van der Waals surface area (Å²) in [6.07, 6.45) is 3.35. The molecule has 1 aromatic carbocycles. The summed E-state index contributed by atoms with van der Waals surface area (Å²) in [7, 11) is 3.27. The van der Waals surface area contributed by atoms with Crippen molar-refractivity contribution in [1.82, 2.24) is 15.3 Å². The van der Waals surface area contributed by atoms with Gasteiger partial charge in [-0.25, -0.2) is 9.37 Å². The molecule has 0 aliphatic heterocycles. The minimum absolute atomic E-state index is 0.295. The lowest BCUT2D eigenvalue weighted by Gasteiger charge is -2.15. The summed E-state index contributed by atoms with van der Waals surface area (Å²) < 4.78 is 18.9. The molecule has 2 rings (SSSR count). The first-order chi connectivity index (χ1) is 8.26. The van der Waals surface area contributed by atoms with Gasteiger partial charge in [-0.05, 0) is 13.1 Å². The van der Waals surface area contributed by atoms with Crippen LogP contribution in [0, 0.1) is 5.82 Å². The van der Waals surface area contributed by atoms with E-state index in [0.29, 0.717) is 17.1 Å². The molecule has 0 saturated carbocycles. The molecule has 0 aliphatic carbocycles. The van der Waals surface area contributed by atoms with E-state index in [2.05, 4.69) is 15.3 Å². The summed E-state index contributed by atoms with van der Waals surface area (Å²) in [5.41, 5.74) is 0.531. The van der Waals surface area contributed by atoms with Gasteiger partial charge in [0.05, 0.1) is 13.2 Å². The molecular weight excluding hydrogens is 221 g/mol. The summed E-state index contributed by atoms with van der Waals surface area (Å²) >= 11 is 0. The average molecular weight is 235 g/mol. The van der Waals surface area contributed by atoms with Crippen molar-refractivity contribution in [3.63, 3.8) is 0 Å². The number of nitrogens with one attached hydrogen (secondary N) is 2. The predicted molar refractivity (Wildman–Crippen MR) is 62.4 cm³/mol. The van der Waals surface area contributed by atoms with Crippen LogP contribution in [0.4, 0.5) is 4.39 Å². The van der Waals surface area contributed by atoms with E-state index in [-0.39, 0.29) is 11.9 Å². The van der Waals surface area contributed by atoms with Crippen LogP contribution in [0.2, 0.25) is 0 Å². The van der Waals surface area contributed by atoms with Crippen molar-refractivity contribution in [3.05, 3.63) is 47.8 Å². The lowest BCUT2D eigenvalue weighted by molar-refractivity contribution is 0.410. The Kier molecular flexibility index (Phi) is 3.39. The second-order valence-corrected chi connectivity index (χ2v) is 3.58. The Hall–Kier alpha value is -1.88. The molecular formula is C12H14FN3O. The Bertz CT molecular complexity index is 485. The van der Waals surface area contributed by atoms with E-state index in [1.165, 1.54) is 13.2 Å². The van der Waals surface area contributed by atoms with Crippen molar-refractivity contribution in [1.29, 1.82) is 0 Å². The molecule has 90 valence electrons. The van der Waals surface area contributed by atoms with Crippen LogP contribution in [0.1, 0.15) is 17.4 Å². The van der Waals surface area contributed by atoms with Gasteiger partial charge in [-0.1, -0.05) is 6.07 Å². The van der Waals surface area contributed by atoms with Gasteiger partial charge < -0.3 is 15.0 Å². The molecule has 1 aromatic heterocycles. The molecule has 1 heterocycles. The minimum Gasteiger partial charge on any atom is -0.497 e. The molecule has 17 heavy (non-hydrogen) atoms. The highest BCUT2D eigenvalue weighted by molar-refractivity contribution is 5.33. The van der Waals surface area contributed by atoms with Crippen LogP contribution < -0.4 is 10.1 Å². The third-order valence-electron chi connectivity index (χ3n) is 2.60. The van der Waals surface area contributed by atoms with E-state index in [0.717, 1.165) is 0 Å². The summed E-state index contributed by atoms with van der Waals surface area (Å²) in [6, 6.07) is 4.49. The van der Waals surface area contributed by atoms with Crippen LogP contribution in [-0.2, 0) is 0 Å². The van der Waals surface area contributed by atoms with Crippen molar-refractivity contribution in [2.24, 2.45) is 0 Å². The maximum atomic E-state index is 13.9. The fourth-order valence-electron chi connectivity index (χ4n) is 1.74. The summed E-state index contributed by atoms with van der Waals surface area (Å²) in [5.74, 6) is 0.859. The van der Waals surface area contributed by atoms with Gasteiger partial charge in [0.1, 0.15) is 17.4 Å². The minimum atomic E-state index is -0.319. The Morgan fingerprint density at radius 3 is 2.82 bits per heavy atom. The molecule has 5 heteroatoms. The van der Waals surface area contributed by atoms with Gasteiger partial charge in [0, 0.05) is 24.0 Å². The number of benzene rings is 1. The second-order valence-electron chi connectivity index (χ2n) is 3.58. The van der Waals surface area contributed by atoms with Crippen molar-refractivity contribution in [3.8, 4) is 5.75 Å². The molecule has 0 amide bonds. The molecule has 0 fully saturated rings. The van der Waals surface area contributed by atoms with E-state index in [9.17, 15) is 4.39 Å². The van der Waals surface area contributed by atoms with Crippen molar-refractivity contribution >= 4 is 0 Å². The summed E-state index contributed by atoms with van der Waals surface area (Å²) in [5, 5.41) is 3.02. The number of nitrogens with zero attached hydrogens (tertiary/aromatic N) is 1. The van der Waals surface area contributed by atoms with Crippen LogP contribution in [0.3, 0.4) is 0 Å². The van der Waals surface area contributed by atoms with Crippen LogP contribution in [0.5, 0.6) is 5.75 Å². The highest BCUT2D eigenvalue weighted by Crippen LogP contribution is 2.24. The zero-order chi connectivity index (χ0) is 12.3. The van der Waals surface area contributed by atoms with Crippen LogP contribution >= 0.6 is 0 Å². The Balaban J connectivity index is 2.38. The second kappa shape index (κ2) is 4.97. The van der Waals surface area contributed by atoms with Gasteiger partial charge >= 0.3 is 0 Å². The number of aromatic amines is 1. The third kappa shape index (κ3) is 2.29. The number of imidazole rings is 1. The predicted octanol–water partition coefficient (Wildman–Crippen LogP) is 1.87. The number of hydrogen-bond donors (Lipinski definition) is 2. The number of rotatable bonds is 4. The number of halogens is 1. The molecule has 0 bridgehead atoms. The van der Waals surface area contributed by atoms with E-state index in [4.69, 9.17) is 4.74 Å². The third-order valence-corrected chi connectivity index (χ3v) is 2.60. The van der Waals surface area contributed by atoms with Crippen LogP contribution in [-0.4, -0.2) is 24.1 Å². The Morgan fingerprint density at radius 2 is 2.29 bits per heavy atom. The van der Waals surface area contributed by atoms with Crippen molar-refractivity contribution in [2.75, 3.05) is 14.2 Å². The van der Waals surface area contributed by atoms with Gasteiger partial charge in [0.2, 0.25) is 0 Å². The molecule has 0 radical (unpaired) electrons. The van der Waals surface area contributed by atoms with Crippen molar-refractivity contribution < 1.29 is 9.13 Å². The van der Waals surface area contributed by atoms with Crippen LogP contribution in [0.25, 0.3) is 0 Å². The van der Waals surface area contributed by atoms with Gasteiger partial charge in [-0.3, -0.25) is 0 Å². The van der Waals surface area contributed by atoms with E-state index in [1.807, 2.05) is 0 Å². The van der Waals surface area contributed by atoms with E-state index >= 15 is 0 Å². The summed E-state index contributed by atoms with van der Waals surface area (Å²) in [4.78, 5) is 7.10.